The second-order valence-corrected chi connectivity index (χ2v) is 5.09. The lowest BCUT2D eigenvalue weighted by molar-refractivity contribution is -0.139. The third kappa shape index (κ3) is 1.76. The van der Waals surface area contributed by atoms with Gasteiger partial charge in [0.2, 0.25) is 0 Å². The lowest BCUT2D eigenvalue weighted by Crippen LogP contribution is -2.12. The number of rotatable bonds is 3. The fourth-order valence-electron chi connectivity index (χ4n) is 2.99. The summed E-state index contributed by atoms with van der Waals surface area (Å²) >= 11 is 0. The molecular formula is C16H18O2. The van der Waals surface area contributed by atoms with E-state index in [-0.39, 0.29) is 12.1 Å². The molecule has 0 saturated heterocycles. The highest BCUT2D eigenvalue weighted by Gasteiger charge is 2.36. The molecule has 1 heterocycles. The van der Waals surface area contributed by atoms with E-state index in [1.807, 2.05) is 0 Å². The number of aryl methyl sites for hydroxylation is 1. The molecule has 0 N–H and O–H groups in total. The van der Waals surface area contributed by atoms with Crippen molar-refractivity contribution in [2.75, 3.05) is 0 Å². The molecule has 18 heavy (non-hydrogen) atoms. The summed E-state index contributed by atoms with van der Waals surface area (Å²) in [7, 11) is 0. The Balaban J connectivity index is 2.00. The molecule has 94 valence electrons. The van der Waals surface area contributed by atoms with Crippen LogP contribution in [0, 0.1) is 0 Å². The number of hydrogen-bond donors (Lipinski definition) is 0. The first-order valence-electron chi connectivity index (χ1n) is 6.83. The van der Waals surface area contributed by atoms with Gasteiger partial charge in [0.25, 0.3) is 0 Å². The molecule has 1 aliphatic heterocycles. The first-order valence-corrected chi connectivity index (χ1v) is 6.83. The van der Waals surface area contributed by atoms with Gasteiger partial charge in [0, 0.05) is 11.1 Å². The van der Waals surface area contributed by atoms with Crippen LogP contribution in [0.4, 0.5) is 0 Å². The Hall–Kier alpha value is -1.57. The van der Waals surface area contributed by atoms with Gasteiger partial charge in [-0.2, -0.15) is 0 Å². The van der Waals surface area contributed by atoms with Gasteiger partial charge in [0.05, 0.1) is 0 Å². The molecule has 0 saturated carbocycles. The molecule has 0 bridgehead atoms. The van der Waals surface area contributed by atoms with Crippen LogP contribution < -0.4 is 0 Å². The normalized spacial score (nSPS) is 21.6. The van der Waals surface area contributed by atoms with E-state index in [1.54, 1.807) is 0 Å². The van der Waals surface area contributed by atoms with Gasteiger partial charge >= 0.3 is 5.97 Å². The number of benzene rings is 1. The summed E-state index contributed by atoms with van der Waals surface area (Å²) in [5, 5.41) is 0. The smallest absolute Gasteiger partial charge is 0.335 e. The van der Waals surface area contributed by atoms with Crippen molar-refractivity contribution in [1.29, 1.82) is 0 Å². The molecule has 1 unspecified atom stereocenters. The van der Waals surface area contributed by atoms with Crippen LogP contribution in [0.3, 0.4) is 0 Å². The number of unbranched alkanes of at least 4 members (excludes halogenated alkanes) is 1. The van der Waals surface area contributed by atoms with Crippen LogP contribution in [0.15, 0.2) is 29.8 Å². The van der Waals surface area contributed by atoms with E-state index < -0.39 is 0 Å². The van der Waals surface area contributed by atoms with E-state index in [4.69, 9.17) is 4.74 Å². The van der Waals surface area contributed by atoms with Gasteiger partial charge < -0.3 is 4.74 Å². The number of hydrogen-bond acceptors (Lipinski definition) is 2. The van der Waals surface area contributed by atoms with Crippen molar-refractivity contribution in [3.05, 3.63) is 41.0 Å². The SMILES string of the molecule is CCCCC1OC(=O)C2=C1c1ccccc1CC2. The number of carbonyl (C=O) groups excluding carboxylic acids is 1. The van der Waals surface area contributed by atoms with Gasteiger partial charge in [-0.15, -0.1) is 0 Å². The topological polar surface area (TPSA) is 26.3 Å². The van der Waals surface area contributed by atoms with E-state index in [0.29, 0.717) is 0 Å². The summed E-state index contributed by atoms with van der Waals surface area (Å²) in [4.78, 5) is 11.9. The zero-order valence-electron chi connectivity index (χ0n) is 10.7. The second kappa shape index (κ2) is 4.60. The van der Waals surface area contributed by atoms with Gasteiger partial charge in [-0.05, 0) is 36.8 Å². The molecule has 1 aromatic carbocycles. The Bertz CT molecular complexity index is 514. The molecule has 1 aliphatic carbocycles. The first-order chi connectivity index (χ1) is 8.81. The summed E-state index contributed by atoms with van der Waals surface area (Å²) in [6.07, 6.45) is 5.00. The summed E-state index contributed by atoms with van der Waals surface area (Å²) in [5.41, 5.74) is 4.70. The van der Waals surface area contributed by atoms with Crippen LogP contribution >= 0.6 is 0 Å². The molecule has 0 radical (unpaired) electrons. The molecular weight excluding hydrogens is 224 g/mol. The van der Waals surface area contributed by atoms with Crippen LogP contribution in [0.1, 0.15) is 43.7 Å². The Kier molecular flexibility index (Phi) is 2.94. The highest BCUT2D eigenvalue weighted by atomic mass is 16.5. The fourth-order valence-corrected chi connectivity index (χ4v) is 2.99. The standard InChI is InChI=1S/C16H18O2/c1-2-3-8-14-15-12-7-5-4-6-11(12)9-10-13(15)16(17)18-14/h4-7,14H,2-3,8-10H2,1H3. The van der Waals surface area contributed by atoms with Crippen LogP contribution in [0.25, 0.3) is 5.57 Å². The fraction of sp³-hybridized carbons (Fsp3) is 0.438. The highest BCUT2D eigenvalue weighted by molar-refractivity contribution is 6.04. The summed E-state index contributed by atoms with van der Waals surface area (Å²) in [6, 6.07) is 8.42. The predicted molar refractivity (Wildman–Crippen MR) is 71.1 cm³/mol. The van der Waals surface area contributed by atoms with Crippen molar-refractivity contribution in [1.82, 2.24) is 0 Å². The number of esters is 1. The Morgan fingerprint density at radius 1 is 1.28 bits per heavy atom. The quantitative estimate of drug-likeness (QED) is 0.758. The van der Waals surface area contributed by atoms with E-state index in [2.05, 4.69) is 31.2 Å². The average molecular weight is 242 g/mol. The lowest BCUT2D eigenvalue weighted by atomic mass is 9.83. The van der Waals surface area contributed by atoms with Crippen molar-refractivity contribution in [3.8, 4) is 0 Å². The second-order valence-electron chi connectivity index (χ2n) is 5.09. The molecule has 1 aromatic rings. The van der Waals surface area contributed by atoms with Crippen molar-refractivity contribution in [2.24, 2.45) is 0 Å². The maximum absolute atomic E-state index is 11.9. The molecule has 0 fully saturated rings. The van der Waals surface area contributed by atoms with Gasteiger partial charge in [-0.3, -0.25) is 0 Å². The molecule has 2 nitrogen and oxygen atoms in total. The lowest BCUT2D eigenvalue weighted by Gasteiger charge is -2.20. The third-order valence-corrected chi connectivity index (χ3v) is 3.91. The Morgan fingerprint density at radius 2 is 2.11 bits per heavy atom. The maximum atomic E-state index is 11.9. The minimum Gasteiger partial charge on any atom is -0.454 e. The summed E-state index contributed by atoms with van der Waals surface area (Å²) < 4.78 is 5.55. The van der Waals surface area contributed by atoms with Crippen LogP contribution in [-0.4, -0.2) is 12.1 Å². The van der Waals surface area contributed by atoms with E-state index in [1.165, 1.54) is 16.7 Å². The molecule has 3 rings (SSSR count). The maximum Gasteiger partial charge on any atom is 0.335 e. The highest BCUT2D eigenvalue weighted by Crippen LogP contribution is 2.41. The number of fused-ring (bicyclic) bond motifs is 2. The van der Waals surface area contributed by atoms with Crippen molar-refractivity contribution in [2.45, 2.75) is 45.1 Å². The van der Waals surface area contributed by atoms with E-state index in [9.17, 15) is 4.79 Å². The molecule has 1 atom stereocenters. The number of carbonyl (C=O) groups is 1. The third-order valence-electron chi connectivity index (χ3n) is 3.91. The van der Waals surface area contributed by atoms with Gasteiger partial charge in [-0.1, -0.05) is 37.6 Å². The average Bonchev–Trinajstić information content (AvgIpc) is 2.73. The zero-order chi connectivity index (χ0) is 12.5. The van der Waals surface area contributed by atoms with Crippen LogP contribution in [0.5, 0.6) is 0 Å². The molecule has 2 heteroatoms. The predicted octanol–water partition coefficient (Wildman–Crippen LogP) is 3.50. The Labute approximate surface area is 108 Å². The van der Waals surface area contributed by atoms with Gasteiger partial charge in [-0.25, -0.2) is 4.79 Å². The van der Waals surface area contributed by atoms with Crippen molar-refractivity contribution >= 4 is 11.5 Å². The van der Waals surface area contributed by atoms with Crippen LogP contribution in [-0.2, 0) is 16.0 Å². The van der Waals surface area contributed by atoms with Crippen molar-refractivity contribution < 1.29 is 9.53 Å². The summed E-state index contributed by atoms with van der Waals surface area (Å²) in [5.74, 6) is -0.0828. The number of cyclic esters (lactones) is 1. The zero-order valence-corrected chi connectivity index (χ0v) is 10.7. The molecule has 0 aromatic heterocycles. The number of ether oxygens (including phenoxy) is 1. The Morgan fingerprint density at radius 3 is 2.94 bits per heavy atom. The molecule has 0 spiro atoms. The van der Waals surface area contributed by atoms with Crippen molar-refractivity contribution in [3.63, 3.8) is 0 Å². The molecule has 2 aliphatic rings. The van der Waals surface area contributed by atoms with Crippen LogP contribution in [0.2, 0.25) is 0 Å². The monoisotopic (exact) mass is 242 g/mol. The minimum atomic E-state index is -0.0828. The van der Waals surface area contributed by atoms with E-state index >= 15 is 0 Å². The summed E-state index contributed by atoms with van der Waals surface area (Å²) in [6.45, 7) is 2.17. The van der Waals surface area contributed by atoms with Gasteiger partial charge in [0.15, 0.2) is 0 Å². The first kappa shape index (κ1) is 11.5. The largest absolute Gasteiger partial charge is 0.454 e. The van der Waals surface area contributed by atoms with E-state index in [0.717, 1.165) is 37.7 Å². The van der Waals surface area contributed by atoms with Gasteiger partial charge in [0.1, 0.15) is 6.10 Å². The minimum absolute atomic E-state index is 0.00565. The molecule has 0 amide bonds.